The molecule has 1 aromatic heterocycles. The normalized spacial score (nSPS) is 17.8. The van der Waals surface area contributed by atoms with Gasteiger partial charge >= 0.3 is 0 Å². The molecule has 1 N–H and O–H groups in total. The molecule has 1 aromatic rings. The van der Waals surface area contributed by atoms with Gasteiger partial charge in [0.1, 0.15) is 0 Å². The van der Waals surface area contributed by atoms with Gasteiger partial charge < -0.3 is 10.2 Å². The SMILES string of the molecule is CC(CNCc1ncc(Br)cc1Br)CN1CCCC1. The Kier molecular flexibility index (Phi) is 6.26. The molecule has 2 heterocycles. The number of nitrogens with one attached hydrogen (secondary N) is 1. The average Bonchev–Trinajstić information content (AvgIpc) is 2.84. The van der Waals surface area contributed by atoms with Gasteiger partial charge in [0.15, 0.2) is 0 Å². The molecule has 1 saturated heterocycles. The van der Waals surface area contributed by atoms with Gasteiger partial charge in [-0.1, -0.05) is 6.92 Å². The van der Waals surface area contributed by atoms with E-state index in [4.69, 9.17) is 0 Å². The van der Waals surface area contributed by atoms with Gasteiger partial charge in [0, 0.05) is 28.2 Å². The summed E-state index contributed by atoms with van der Waals surface area (Å²) in [5, 5.41) is 3.50. The highest BCUT2D eigenvalue weighted by molar-refractivity contribution is 9.11. The van der Waals surface area contributed by atoms with Gasteiger partial charge in [0.25, 0.3) is 0 Å². The van der Waals surface area contributed by atoms with Crippen molar-refractivity contribution in [3.8, 4) is 0 Å². The van der Waals surface area contributed by atoms with Crippen LogP contribution in [0.2, 0.25) is 0 Å². The summed E-state index contributed by atoms with van der Waals surface area (Å²) in [6.45, 7) is 7.95. The predicted molar refractivity (Wildman–Crippen MR) is 86.2 cm³/mol. The van der Waals surface area contributed by atoms with E-state index in [1.165, 1.54) is 32.5 Å². The maximum Gasteiger partial charge on any atom is 0.0684 e. The largest absolute Gasteiger partial charge is 0.311 e. The van der Waals surface area contributed by atoms with Crippen LogP contribution in [0.4, 0.5) is 0 Å². The fourth-order valence-corrected chi connectivity index (χ4v) is 3.61. The summed E-state index contributed by atoms with van der Waals surface area (Å²) < 4.78 is 2.06. The number of hydrogen-bond acceptors (Lipinski definition) is 3. The summed E-state index contributed by atoms with van der Waals surface area (Å²) >= 11 is 6.96. The van der Waals surface area contributed by atoms with Crippen molar-refractivity contribution in [2.45, 2.75) is 26.3 Å². The second-order valence-electron chi connectivity index (χ2n) is 5.33. The third kappa shape index (κ3) is 5.14. The first-order valence-electron chi connectivity index (χ1n) is 6.88. The molecule has 1 unspecified atom stereocenters. The zero-order valence-electron chi connectivity index (χ0n) is 11.3. The van der Waals surface area contributed by atoms with Crippen LogP contribution in [-0.4, -0.2) is 36.1 Å². The Hall–Kier alpha value is 0.0300. The van der Waals surface area contributed by atoms with Crippen LogP contribution in [0.25, 0.3) is 0 Å². The molecule has 1 aliphatic rings. The first-order valence-corrected chi connectivity index (χ1v) is 8.46. The zero-order chi connectivity index (χ0) is 13.7. The summed E-state index contributed by atoms with van der Waals surface area (Å²) in [6, 6.07) is 2.04. The number of pyridine rings is 1. The van der Waals surface area contributed by atoms with Crippen molar-refractivity contribution in [1.29, 1.82) is 0 Å². The van der Waals surface area contributed by atoms with Crippen LogP contribution in [0.3, 0.4) is 0 Å². The standard InChI is InChI=1S/C14H21Br2N3/c1-11(10-19-4-2-3-5-19)7-17-9-14-13(16)6-12(15)8-18-14/h6,8,11,17H,2-5,7,9-10H2,1H3. The maximum atomic E-state index is 4.41. The second kappa shape index (κ2) is 7.72. The van der Waals surface area contributed by atoms with E-state index in [9.17, 15) is 0 Å². The molecule has 0 amide bonds. The van der Waals surface area contributed by atoms with Crippen molar-refractivity contribution in [1.82, 2.24) is 15.2 Å². The van der Waals surface area contributed by atoms with Crippen LogP contribution < -0.4 is 5.32 Å². The summed E-state index contributed by atoms with van der Waals surface area (Å²) in [4.78, 5) is 6.98. The van der Waals surface area contributed by atoms with Gasteiger partial charge in [-0.25, -0.2) is 0 Å². The van der Waals surface area contributed by atoms with Crippen molar-refractivity contribution in [2.24, 2.45) is 5.92 Å². The molecule has 19 heavy (non-hydrogen) atoms. The molecule has 1 aliphatic heterocycles. The minimum atomic E-state index is 0.687. The fraction of sp³-hybridized carbons (Fsp3) is 0.643. The van der Waals surface area contributed by atoms with Crippen LogP contribution >= 0.6 is 31.9 Å². The topological polar surface area (TPSA) is 28.2 Å². The molecule has 1 atom stereocenters. The molecule has 0 radical (unpaired) electrons. The molecule has 2 rings (SSSR count). The molecule has 0 aromatic carbocycles. The summed E-state index contributed by atoms with van der Waals surface area (Å²) in [7, 11) is 0. The first-order chi connectivity index (χ1) is 9.15. The molecule has 1 fully saturated rings. The van der Waals surface area contributed by atoms with E-state index in [1.54, 1.807) is 0 Å². The lowest BCUT2D eigenvalue weighted by Crippen LogP contribution is -2.31. The number of likely N-dealkylation sites (tertiary alicyclic amines) is 1. The van der Waals surface area contributed by atoms with Crippen LogP contribution in [0, 0.1) is 5.92 Å². The highest BCUT2D eigenvalue weighted by Crippen LogP contribution is 2.19. The van der Waals surface area contributed by atoms with Gasteiger partial charge in [0.05, 0.1) is 5.69 Å². The third-order valence-corrected chi connectivity index (χ3v) is 4.56. The number of aromatic nitrogens is 1. The van der Waals surface area contributed by atoms with Crippen LogP contribution in [-0.2, 0) is 6.54 Å². The Labute approximate surface area is 132 Å². The molecular formula is C14H21Br2N3. The van der Waals surface area contributed by atoms with E-state index in [0.29, 0.717) is 5.92 Å². The van der Waals surface area contributed by atoms with Crippen LogP contribution in [0.1, 0.15) is 25.5 Å². The lowest BCUT2D eigenvalue weighted by Gasteiger charge is -2.20. The van der Waals surface area contributed by atoms with Gasteiger partial charge in [0.2, 0.25) is 0 Å². The van der Waals surface area contributed by atoms with Crippen molar-refractivity contribution in [3.63, 3.8) is 0 Å². The Morgan fingerprint density at radius 3 is 2.79 bits per heavy atom. The van der Waals surface area contributed by atoms with E-state index in [-0.39, 0.29) is 0 Å². The lowest BCUT2D eigenvalue weighted by atomic mass is 10.1. The van der Waals surface area contributed by atoms with E-state index < -0.39 is 0 Å². The van der Waals surface area contributed by atoms with Gasteiger partial charge in [-0.05, 0) is 76.3 Å². The smallest absolute Gasteiger partial charge is 0.0684 e. The highest BCUT2D eigenvalue weighted by atomic mass is 79.9. The Balaban J connectivity index is 1.70. The molecule has 0 saturated carbocycles. The van der Waals surface area contributed by atoms with E-state index in [1.807, 2.05) is 12.3 Å². The quantitative estimate of drug-likeness (QED) is 0.806. The summed E-state index contributed by atoms with van der Waals surface area (Å²) in [5.74, 6) is 0.687. The van der Waals surface area contributed by atoms with Gasteiger partial charge in [-0.15, -0.1) is 0 Å². The molecule has 106 valence electrons. The molecular weight excluding hydrogens is 370 g/mol. The van der Waals surface area contributed by atoms with Crippen LogP contribution in [0.5, 0.6) is 0 Å². The van der Waals surface area contributed by atoms with Crippen molar-refractivity contribution < 1.29 is 0 Å². The lowest BCUT2D eigenvalue weighted by molar-refractivity contribution is 0.282. The van der Waals surface area contributed by atoms with Gasteiger partial charge in [-0.2, -0.15) is 0 Å². The Morgan fingerprint density at radius 1 is 1.37 bits per heavy atom. The van der Waals surface area contributed by atoms with E-state index in [0.717, 1.165) is 27.7 Å². The number of hydrogen-bond donors (Lipinski definition) is 1. The number of nitrogens with zero attached hydrogens (tertiary/aromatic N) is 2. The molecule has 0 aliphatic carbocycles. The van der Waals surface area contributed by atoms with E-state index in [2.05, 4.69) is 54.0 Å². The molecule has 0 spiro atoms. The monoisotopic (exact) mass is 389 g/mol. The maximum absolute atomic E-state index is 4.41. The minimum Gasteiger partial charge on any atom is -0.311 e. The van der Waals surface area contributed by atoms with Crippen molar-refractivity contribution in [3.05, 3.63) is 26.9 Å². The summed E-state index contributed by atoms with van der Waals surface area (Å²) in [6.07, 6.45) is 4.58. The van der Waals surface area contributed by atoms with Crippen molar-refractivity contribution in [2.75, 3.05) is 26.2 Å². The van der Waals surface area contributed by atoms with E-state index >= 15 is 0 Å². The fourth-order valence-electron chi connectivity index (χ4n) is 2.48. The van der Waals surface area contributed by atoms with Crippen molar-refractivity contribution >= 4 is 31.9 Å². The van der Waals surface area contributed by atoms with Crippen LogP contribution in [0.15, 0.2) is 21.2 Å². The zero-order valence-corrected chi connectivity index (χ0v) is 14.5. The second-order valence-corrected chi connectivity index (χ2v) is 7.10. The molecule has 3 nitrogen and oxygen atoms in total. The molecule has 0 bridgehead atoms. The highest BCUT2D eigenvalue weighted by Gasteiger charge is 2.14. The number of halogens is 2. The molecule has 5 heteroatoms. The van der Waals surface area contributed by atoms with Gasteiger partial charge in [-0.3, -0.25) is 4.98 Å². The summed E-state index contributed by atoms with van der Waals surface area (Å²) in [5.41, 5.74) is 1.07. The third-order valence-electron chi connectivity index (χ3n) is 3.44. The Morgan fingerprint density at radius 2 is 2.11 bits per heavy atom. The Bertz CT molecular complexity index is 406. The average molecular weight is 391 g/mol. The predicted octanol–water partition coefficient (Wildman–Crippen LogP) is 3.43. The minimum absolute atomic E-state index is 0.687. The first kappa shape index (κ1) is 15.4. The number of rotatable bonds is 6.